The predicted octanol–water partition coefficient (Wildman–Crippen LogP) is 2.19. The average molecular weight is 233 g/mol. The summed E-state index contributed by atoms with van der Waals surface area (Å²) in [5.41, 5.74) is 0.610. The molecule has 1 amide bonds. The maximum absolute atomic E-state index is 12.2. The average Bonchev–Trinajstić information content (AvgIpc) is 2.28. The highest BCUT2D eigenvalue weighted by atomic mass is 16.1. The molecule has 0 atom stereocenters. The van der Waals surface area contributed by atoms with Crippen molar-refractivity contribution >= 4 is 11.7 Å². The van der Waals surface area contributed by atoms with Crippen molar-refractivity contribution in [3.63, 3.8) is 0 Å². The van der Waals surface area contributed by atoms with E-state index in [1.807, 2.05) is 13.0 Å². The van der Waals surface area contributed by atoms with Crippen LogP contribution in [0.25, 0.3) is 0 Å². The Balaban J connectivity index is 2.12. The number of anilines is 1. The van der Waals surface area contributed by atoms with Crippen molar-refractivity contribution in [2.75, 3.05) is 11.9 Å². The van der Waals surface area contributed by atoms with Crippen LogP contribution in [0.15, 0.2) is 18.3 Å². The molecule has 1 fully saturated rings. The maximum atomic E-state index is 12.2. The summed E-state index contributed by atoms with van der Waals surface area (Å²) in [6.45, 7) is 4.84. The first-order valence-corrected chi connectivity index (χ1v) is 6.16. The molecule has 0 radical (unpaired) electrons. The van der Waals surface area contributed by atoms with E-state index in [1.165, 1.54) is 6.42 Å². The lowest BCUT2D eigenvalue weighted by Crippen LogP contribution is -2.51. The second kappa shape index (κ2) is 4.73. The van der Waals surface area contributed by atoms with Crippen LogP contribution in [-0.4, -0.2) is 23.0 Å². The second-order valence-electron chi connectivity index (χ2n) is 4.80. The number of hydrogen-bond acceptors (Lipinski definition) is 3. The monoisotopic (exact) mass is 233 g/mol. The van der Waals surface area contributed by atoms with Crippen LogP contribution in [0.1, 0.15) is 43.5 Å². The van der Waals surface area contributed by atoms with E-state index in [0.29, 0.717) is 11.4 Å². The van der Waals surface area contributed by atoms with Gasteiger partial charge in [0.1, 0.15) is 5.82 Å². The molecule has 1 saturated carbocycles. The molecule has 0 bridgehead atoms. The molecule has 4 heteroatoms. The Morgan fingerprint density at radius 2 is 2.29 bits per heavy atom. The Bertz CT molecular complexity index is 413. The highest BCUT2D eigenvalue weighted by molar-refractivity contribution is 5.99. The van der Waals surface area contributed by atoms with Crippen LogP contribution >= 0.6 is 0 Å². The molecule has 92 valence electrons. The Morgan fingerprint density at radius 3 is 2.88 bits per heavy atom. The van der Waals surface area contributed by atoms with E-state index < -0.39 is 0 Å². The van der Waals surface area contributed by atoms with E-state index in [2.05, 4.69) is 22.5 Å². The highest BCUT2D eigenvalue weighted by Crippen LogP contribution is 2.31. The Labute approximate surface area is 102 Å². The number of carbonyl (C=O) groups excluding carboxylic acids is 1. The standard InChI is InChI=1S/C13H19N3O/c1-3-14-11-10(6-4-9-15-11)12(17)16-13(2)7-5-8-13/h4,6,9H,3,5,7-8H2,1-2H3,(H,14,15)(H,16,17). The van der Waals surface area contributed by atoms with E-state index in [1.54, 1.807) is 12.3 Å². The molecule has 0 spiro atoms. The van der Waals surface area contributed by atoms with E-state index in [9.17, 15) is 4.79 Å². The quantitative estimate of drug-likeness (QED) is 0.838. The predicted molar refractivity (Wildman–Crippen MR) is 68.1 cm³/mol. The van der Waals surface area contributed by atoms with Gasteiger partial charge in [-0.25, -0.2) is 4.98 Å². The minimum absolute atomic E-state index is 0.0175. The van der Waals surface area contributed by atoms with Crippen LogP contribution in [0, 0.1) is 0 Å². The van der Waals surface area contributed by atoms with Crippen LogP contribution in [0.5, 0.6) is 0 Å². The molecular weight excluding hydrogens is 214 g/mol. The van der Waals surface area contributed by atoms with Crippen molar-refractivity contribution in [2.45, 2.75) is 38.6 Å². The first kappa shape index (κ1) is 11.9. The molecule has 0 unspecified atom stereocenters. The molecule has 2 N–H and O–H groups in total. The fraction of sp³-hybridized carbons (Fsp3) is 0.538. The SMILES string of the molecule is CCNc1ncccc1C(=O)NC1(C)CCC1. The van der Waals surface area contributed by atoms with Crippen LogP contribution in [0.3, 0.4) is 0 Å². The lowest BCUT2D eigenvalue weighted by atomic mass is 9.78. The molecule has 2 rings (SSSR count). The first-order valence-electron chi connectivity index (χ1n) is 6.16. The van der Waals surface area contributed by atoms with Gasteiger partial charge in [0.25, 0.3) is 5.91 Å². The van der Waals surface area contributed by atoms with Gasteiger partial charge in [-0.05, 0) is 45.2 Å². The van der Waals surface area contributed by atoms with E-state index in [4.69, 9.17) is 0 Å². The molecule has 1 aliphatic rings. The van der Waals surface area contributed by atoms with Gasteiger partial charge in [0.2, 0.25) is 0 Å². The Morgan fingerprint density at radius 1 is 1.53 bits per heavy atom. The summed E-state index contributed by atoms with van der Waals surface area (Å²) in [4.78, 5) is 16.3. The molecule has 1 aromatic heterocycles. The summed E-state index contributed by atoms with van der Waals surface area (Å²) in [6.07, 6.45) is 5.02. The molecule has 4 nitrogen and oxygen atoms in total. The normalized spacial score (nSPS) is 17.1. The first-order chi connectivity index (χ1) is 8.14. The zero-order valence-electron chi connectivity index (χ0n) is 10.4. The summed E-state index contributed by atoms with van der Waals surface area (Å²) in [7, 11) is 0. The van der Waals surface area contributed by atoms with Gasteiger partial charge in [-0.15, -0.1) is 0 Å². The van der Waals surface area contributed by atoms with E-state index in [-0.39, 0.29) is 11.4 Å². The summed E-state index contributed by atoms with van der Waals surface area (Å²) in [5.74, 6) is 0.631. The summed E-state index contributed by atoms with van der Waals surface area (Å²) < 4.78 is 0. The van der Waals surface area contributed by atoms with Crippen molar-refractivity contribution in [2.24, 2.45) is 0 Å². The van der Waals surface area contributed by atoms with Gasteiger partial charge in [-0.1, -0.05) is 0 Å². The lowest BCUT2D eigenvalue weighted by molar-refractivity contribution is 0.0851. The number of aromatic nitrogens is 1. The molecule has 17 heavy (non-hydrogen) atoms. The fourth-order valence-corrected chi connectivity index (χ4v) is 2.07. The minimum atomic E-state index is -0.0312. The lowest BCUT2D eigenvalue weighted by Gasteiger charge is -2.39. The molecule has 0 aliphatic heterocycles. The number of hydrogen-bond donors (Lipinski definition) is 2. The zero-order valence-corrected chi connectivity index (χ0v) is 10.4. The van der Waals surface area contributed by atoms with Gasteiger partial charge in [0.05, 0.1) is 5.56 Å². The maximum Gasteiger partial charge on any atom is 0.255 e. The van der Waals surface area contributed by atoms with Gasteiger partial charge in [-0.3, -0.25) is 4.79 Å². The summed E-state index contributed by atoms with van der Waals surface area (Å²) in [6, 6.07) is 3.60. The molecule has 1 heterocycles. The van der Waals surface area contributed by atoms with Crippen molar-refractivity contribution in [3.05, 3.63) is 23.9 Å². The van der Waals surface area contributed by atoms with Crippen LogP contribution in [0.2, 0.25) is 0 Å². The third-order valence-electron chi connectivity index (χ3n) is 3.27. The van der Waals surface area contributed by atoms with Crippen molar-refractivity contribution in [1.29, 1.82) is 0 Å². The fourth-order valence-electron chi connectivity index (χ4n) is 2.07. The molecule has 0 aromatic carbocycles. The molecular formula is C13H19N3O. The number of carbonyl (C=O) groups is 1. The van der Waals surface area contributed by atoms with Crippen LogP contribution < -0.4 is 10.6 Å². The zero-order chi connectivity index (χ0) is 12.3. The largest absolute Gasteiger partial charge is 0.370 e. The molecule has 1 aromatic rings. The Kier molecular flexibility index (Phi) is 3.31. The smallest absolute Gasteiger partial charge is 0.255 e. The van der Waals surface area contributed by atoms with Gasteiger partial charge in [0.15, 0.2) is 0 Å². The second-order valence-corrected chi connectivity index (χ2v) is 4.80. The van der Waals surface area contributed by atoms with E-state index >= 15 is 0 Å². The van der Waals surface area contributed by atoms with Crippen molar-refractivity contribution in [3.8, 4) is 0 Å². The Hall–Kier alpha value is -1.58. The van der Waals surface area contributed by atoms with Crippen LogP contribution in [0.4, 0.5) is 5.82 Å². The third kappa shape index (κ3) is 2.57. The van der Waals surface area contributed by atoms with E-state index in [0.717, 1.165) is 19.4 Å². The third-order valence-corrected chi connectivity index (χ3v) is 3.27. The van der Waals surface area contributed by atoms with Crippen molar-refractivity contribution < 1.29 is 4.79 Å². The van der Waals surface area contributed by atoms with Gasteiger partial charge >= 0.3 is 0 Å². The number of nitrogens with zero attached hydrogens (tertiary/aromatic N) is 1. The summed E-state index contributed by atoms with van der Waals surface area (Å²) >= 11 is 0. The summed E-state index contributed by atoms with van der Waals surface area (Å²) in [5, 5.41) is 6.20. The number of rotatable bonds is 4. The molecule has 1 aliphatic carbocycles. The van der Waals surface area contributed by atoms with Crippen molar-refractivity contribution in [1.82, 2.24) is 10.3 Å². The minimum Gasteiger partial charge on any atom is -0.370 e. The number of nitrogens with one attached hydrogen (secondary N) is 2. The molecule has 0 saturated heterocycles. The number of amides is 1. The van der Waals surface area contributed by atoms with Crippen LogP contribution in [-0.2, 0) is 0 Å². The number of pyridine rings is 1. The van der Waals surface area contributed by atoms with Gasteiger partial charge < -0.3 is 10.6 Å². The van der Waals surface area contributed by atoms with Gasteiger partial charge in [-0.2, -0.15) is 0 Å². The van der Waals surface area contributed by atoms with Gasteiger partial charge in [0, 0.05) is 18.3 Å². The highest BCUT2D eigenvalue weighted by Gasteiger charge is 2.33. The topological polar surface area (TPSA) is 54.0 Å².